The molecule has 5 heteroatoms. The Balaban J connectivity index is 2.88. The first-order chi connectivity index (χ1) is 7.71. The fourth-order valence-electron chi connectivity index (χ4n) is 1.23. The zero-order valence-electron chi connectivity index (χ0n) is 9.45. The van der Waals surface area contributed by atoms with E-state index in [-0.39, 0.29) is 12.5 Å². The highest BCUT2D eigenvalue weighted by molar-refractivity contribution is 5.92. The summed E-state index contributed by atoms with van der Waals surface area (Å²) in [6.45, 7) is 2.37. The van der Waals surface area contributed by atoms with Crippen molar-refractivity contribution >= 4 is 11.6 Å². The summed E-state index contributed by atoms with van der Waals surface area (Å²) in [5, 5.41) is 2.64. The molecule has 1 aromatic carbocycles. The van der Waals surface area contributed by atoms with Gasteiger partial charge in [0.1, 0.15) is 0 Å². The Morgan fingerprint density at radius 3 is 2.75 bits per heavy atom. The lowest BCUT2D eigenvalue weighted by Crippen LogP contribution is -2.21. The first-order valence-electron chi connectivity index (χ1n) is 5.02. The van der Waals surface area contributed by atoms with Gasteiger partial charge in [0.15, 0.2) is 11.5 Å². The molecular formula is C11H16N2O3. The quantitative estimate of drug-likeness (QED) is 0.782. The summed E-state index contributed by atoms with van der Waals surface area (Å²) in [7, 11) is 1.57. The molecule has 1 rings (SSSR count). The van der Waals surface area contributed by atoms with Gasteiger partial charge in [0.05, 0.1) is 20.3 Å². The molecule has 0 atom stereocenters. The minimum absolute atomic E-state index is 0.0456. The van der Waals surface area contributed by atoms with E-state index in [2.05, 4.69) is 5.32 Å². The standard InChI is InChI=1S/C11H16N2O3/c1-3-16-10-6-8(13-11(14)7-12)4-5-9(10)15-2/h4-6H,3,7,12H2,1-2H3,(H,13,14). The van der Waals surface area contributed by atoms with Gasteiger partial charge in [0.25, 0.3) is 0 Å². The van der Waals surface area contributed by atoms with Gasteiger partial charge < -0.3 is 20.5 Å². The lowest BCUT2D eigenvalue weighted by molar-refractivity contribution is -0.114. The highest BCUT2D eigenvalue weighted by atomic mass is 16.5. The molecule has 0 aliphatic rings. The molecule has 1 aromatic rings. The number of carbonyl (C=O) groups excluding carboxylic acids is 1. The van der Waals surface area contributed by atoms with Crippen molar-refractivity contribution in [1.29, 1.82) is 0 Å². The van der Waals surface area contributed by atoms with Crippen LogP contribution in [0, 0.1) is 0 Å². The van der Waals surface area contributed by atoms with Gasteiger partial charge in [0, 0.05) is 11.8 Å². The van der Waals surface area contributed by atoms with Crippen LogP contribution in [0.1, 0.15) is 6.92 Å². The molecule has 0 spiro atoms. The van der Waals surface area contributed by atoms with E-state index in [4.69, 9.17) is 15.2 Å². The predicted octanol–water partition coefficient (Wildman–Crippen LogP) is 0.991. The highest BCUT2D eigenvalue weighted by Gasteiger charge is 2.06. The summed E-state index contributed by atoms with van der Waals surface area (Å²) in [5.41, 5.74) is 5.84. The van der Waals surface area contributed by atoms with E-state index in [0.29, 0.717) is 23.8 Å². The van der Waals surface area contributed by atoms with E-state index >= 15 is 0 Å². The van der Waals surface area contributed by atoms with E-state index in [0.717, 1.165) is 0 Å². The first-order valence-corrected chi connectivity index (χ1v) is 5.02. The van der Waals surface area contributed by atoms with Crippen molar-refractivity contribution in [2.24, 2.45) is 5.73 Å². The Morgan fingerprint density at radius 2 is 2.19 bits per heavy atom. The summed E-state index contributed by atoms with van der Waals surface area (Å²) >= 11 is 0. The molecule has 3 N–H and O–H groups in total. The number of methoxy groups -OCH3 is 1. The fourth-order valence-corrected chi connectivity index (χ4v) is 1.23. The highest BCUT2D eigenvalue weighted by Crippen LogP contribution is 2.30. The fraction of sp³-hybridized carbons (Fsp3) is 0.364. The van der Waals surface area contributed by atoms with Crippen LogP contribution in [0.25, 0.3) is 0 Å². The van der Waals surface area contributed by atoms with E-state index in [1.807, 2.05) is 6.92 Å². The van der Waals surface area contributed by atoms with Gasteiger partial charge in [-0.05, 0) is 19.1 Å². The monoisotopic (exact) mass is 224 g/mol. The maximum Gasteiger partial charge on any atom is 0.238 e. The minimum Gasteiger partial charge on any atom is -0.493 e. The Kier molecular flexibility index (Phi) is 4.60. The molecule has 0 aliphatic heterocycles. The van der Waals surface area contributed by atoms with Crippen molar-refractivity contribution in [3.63, 3.8) is 0 Å². The van der Waals surface area contributed by atoms with Crippen molar-refractivity contribution in [3.8, 4) is 11.5 Å². The number of nitrogens with two attached hydrogens (primary N) is 1. The first kappa shape index (κ1) is 12.3. The molecule has 0 unspecified atom stereocenters. The van der Waals surface area contributed by atoms with Gasteiger partial charge in [-0.15, -0.1) is 0 Å². The summed E-state index contributed by atoms with van der Waals surface area (Å²) in [4.78, 5) is 11.1. The van der Waals surface area contributed by atoms with Crippen LogP contribution in [0.15, 0.2) is 18.2 Å². The van der Waals surface area contributed by atoms with Crippen LogP contribution in [0.5, 0.6) is 11.5 Å². The molecular weight excluding hydrogens is 208 g/mol. The second kappa shape index (κ2) is 5.97. The Bertz CT molecular complexity index is 366. The van der Waals surface area contributed by atoms with Crippen molar-refractivity contribution in [1.82, 2.24) is 0 Å². The number of ether oxygens (including phenoxy) is 2. The van der Waals surface area contributed by atoms with Gasteiger partial charge >= 0.3 is 0 Å². The topological polar surface area (TPSA) is 73.6 Å². The smallest absolute Gasteiger partial charge is 0.238 e. The van der Waals surface area contributed by atoms with E-state index in [9.17, 15) is 4.79 Å². The average molecular weight is 224 g/mol. The molecule has 1 amide bonds. The summed E-state index contributed by atoms with van der Waals surface area (Å²) in [6, 6.07) is 5.17. The summed E-state index contributed by atoms with van der Waals surface area (Å²) in [5.74, 6) is 0.986. The molecule has 0 heterocycles. The van der Waals surface area contributed by atoms with Gasteiger partial charge in [-0.1, -0.05) is 0 Å². The Hall–Kier alpha value is -1.75. The second-order valence-corrected chi connectivity index (χ2v) is 3.05. The molecule has 88 valence electrons. The van der Waals surface area contributed by atoms with Gasteiger partial charge in [-0.25, -0.2) is 0 Å². The van der Waals surface area contributed by atoms with Gasteiger partial charge in [-0.2, -0.15) is 0 Å². The number of carbonyl (C=O) groups is 1. The van der Waals surface area contributed by atoms with Crippen LogP contribution < -0.4 is 20.5 Å². The lowest BCUT2D eigenvalue weighted by Gasteiger charge is -2.11. The molecule has 0 aliphatic carbocycles. The second-order valence-electron chi connectivity index (χ2n) is 3.05. The molecule has 16 heavy (non-hydrogen) atoms. The van der Waals surface area contributed by atoms with Crippen LogP contribution in [0.2, 0.25) is 0 Å². The van der Waals surface area contributed by atoms with Crippen LogP contribution in [-0.2, 0) is 4.79 Å². The van der Waals surface area contributed by atoms with Crippen molar-refractivity contribution in [2.45, 2.75) is 6.92 Å². The summed E-state index contributed by atoms with van der Waals surface area (Å²) in [6.07, 6.45) is 0. The number of nitrogens with one attached hydrogen (secondary N) is 1. The molecule has 0 saturated heterocycles. The van der Waals surface area contributed by atoms with Gasteiger partial charge in [0.2, 0.25) is 5.91 Å². The third-order valence-electron chi connectivity index (χ3n) is 1.93. The normalized spacial score (nSPS) is 9.69. The van der Waals surface area contributed by atoms with Crippen LogP contribution in [0.3, 0.4) is 0 Å². The number of anilines is 1. The number of hydrogen-bond donors (Lipinski definition) is 2. The largest absolute Gasteiger partial charge is 0.493 e. The van der Waals surface area contributed by atoms with Crippen LogP contribution in [0.4, 0.5) is 5.69 Å². The molecule has 0 fully saturated rings. The Morgan fingerprint density at radius 1 is 1.44 bits per heavy atom. The van der Waals surface area contributed by atoms with E-state index in [1.165, 1.54) is 0 Å². The molecule has 0 saturated carbocycles. The molecule has 0 bridgehead atoms. The van der Waals surface area contributed by atoms with E-state index < -0.39 is 0 Å². The zero-order valence-corrected chi connectivity index (χ0v) is 9.45. The third kappa shape index (κ3) is 3.13. The molecule has 5 nitrogen and oxygen atoms in total. The minimum atomic E-state index is -0.243. The van der Waals surface area contributed by atoms with Crippen molar-refractivity contribution in [3.05, 3.63) is 18.2 Å². The van der Waals surface area contributed by atoms with Crippen molar-refractivity contribution in [2.75, 3.05) is 25.6 Å². The van der Waals surface area contributed by atoms with Crippen LogP contribution >= 0.6 is 0 Å². The molecule has 0 aromatic heterocycles. The number of hydrogen-bond acceptors (Lipinski definition) is 4. The van der Waals surface area contributed by atoms with E-state index in [1.54, 1.807) is 25.3 Å². The number of amides is 1. The maximum absolute atomic E-state index is 11.1. The maximum atomic E-state index is 11.1. The zero-order chi connectivity index (χ0) is 12.0. The third-order valence-corrected chi connectivity index (χ3v) is 1.93. The summed E-state index contributed by atoms with van der Waals surface area (Å²) < 4.78 is 10.5. The lowest BCUT2D eigenvalue weighted by atomic mass is 10.2. The SMILES string of the molecule is CCOc1cc(NC(=O)CN)ccc1OC. The predicted molar refractivity (Wildman–Crippen MR) is 61.8 cm³/mol. The van der Waals surface area contributed by atoms with Gasteiger partial charge in [-0.3, -0.25) is 4.79 Å². The number of rotatable bonds is 5. The average Bonchev–Trinajstić information content (AvgIpc) is 2.30. The van der Waals surface area contributed by atoms with Crippen molar-refractivity contribution < 1.29 is 14.3 Å². The molecule has 0 radical (unpaired) electrons. The van der Waals surface area contributed by atoms with Crippen LogP contribution in [-0.4, -0.2) is 26.2 Å². The Labute approximate surface area is 94.5 Å². The number of benzene rings is 1.